The predicted molar refractivity (Wildman–Crippen MR) is 132 cm³/mol. The number of ether oxygens (including phenoxy) is 1. The molecule has 0 aliphatic carbocycles. The topological polar surface area (TPSA) is 58.6 Å². The van der Waals surface area contributed by atoms with E-state index in [-0.39, 0.29) is 17.5 Å². The Morgan fingerprint density at radius 1 is 0.909 bits per heavy atom. The van der Waals surface area contributed by atoms with Crippen LogP contribution in [0.5, 0.6) is 5.75 Å². The number of carbonyl (C=O) groups excluding carboxylic acids is 2. The summed E-state index contributed by atoms with van der Waals surface area (Å²) < 4.78 is 5.53. The largest absolute Gasteiger partial charge is 0.494 e. The van der Waals surface area contributed by atoms with Gasteiger partial charge in [-0.25, -0.2) is 4.90 Å². The van der Waals surface area contributed by atoms with Crippen LogP contribution in [0.2, 0.25) is 0 Å². The number of anilines is 2. The van der Waals surface area contributed by atoms with Gasteiger partial charge in [0.2, 0.25) is 0 Å². The molecule has 168 valence electrons. The number of hydrogen-bond donors (Lipinski definition) is 1. The lowest BCUT2D eigenvalue weighted by atomic mass is 10.0. The van der Waals surface area contributed by atoms with E-state index in [0.29, 0.717) is 35.1 Å². The van der Waals surface area contributed by atoms with Gasteiger partial charge in [0.15, 0.2) is 0 Å². The quantitative estimate of drug-likeness (QED) is 0.464. The van der Waals surface area contributed by atoms with E-state index in [1.165, 1.54) is 4.90 Å². The summed E-state index contributed by atoms with van der Waals surface area (Å²) in [6.45, 7) is 8.67. The highest BCUT2D eigenvalue weighted by Crippen LogP contribution is 2.35. The van der Waals surface area contributed by atoms with Crippen molar-refractivity contribution in [3.05, 3.63) is 95.2 Å². The van der Waals surface area contributed by atoms with E-state index in [4.69, 9.17) is 4.74 Å². The van der Waals surface area contributed by atoms with Crippen LogP contribution in [0, 0.1) is 6.92 Å². The first-order valence-corrected chi connectivity index (χ1v) is 11.2. The van der Waals surface area contributed by atoms with Gasteiger partial charge in [-0.3, -0.25) is 9.59 Å². The van der Waals surface area contributed by atoms with Crippen LogP contribution in [0.4, 0.5) is 11.4 Å². The highest BCUT2D eigenvalue weighted by atomic mass is 16.5. The number of imide groups is 1. The lowest BCUT2D eigenvalue weighted by Gasteiger charge is -2.16. The van der Waals surface area contributed by atoms with Crippen molar-refractivity contribution in [2.45, 2.75) is 33.6 Å². The van der Waals surface area contributed by atoms with E-state index >= 15 is 0 Å². The Balaban J connectivity index is 1.76. The van der Waals surface area contributed by atoms with Gasteiger partial charge in [0.25, 0.3) is 11.8 Å². The highest BCUT2D eigenvalue weighted by Gasteiger charge is 2.40. The second-order valence-electron chi connectivity index (χ2n) is 8.39. The minimum atomic E-state index is -0.373. The van der Waals surface area contributed by atoms with Gasteiger partial charge in [-0.15, -0.1) is 0 Å². The number of carbonyl (C=O) groups is 2. The van der Waals surface area contributed by atoms with Crippen molar-refractivity contribution >= 4 is 28.8 Å². The Hall–Kier alpha value is -3.86. The summed E-state index contributed by atoms with van der Waals surface area (Å²) in [5.74, 6) is 0.354. The summed E-state index contributed by atoms with van der Waals surface area (Å²) in [5, 5.41) is 3.22. The summed E-state index contributed by atoms with van der Waals surface area (Å²) in [5.41, 5.74) is 4.79. The fourth-order valence-electron chi connectivity index (χ4n) is 3.91. The number of amides is 2. The average Bonchev–Trinajstić information content (AvgIpc) is 3.04. The van der Waals surface area contributed by atoms with Crippen LogP contribution < -0.4 is 15.0 Å². The molecule has 33 heavy (non-hydrogen) atoms. The standard InChI is InChI=1S/C28H28N2O3/c1-5-33-24-15-11-21(12-16-24)25-26(29-22-8-6-7-19(4)17-22)28(32)30(27(25)31)23-13-9-20(10-14-23)18(2)3/h6-18,29H,5H2,1-4H3. The fraction of sp³-hybridized carbons (Fsp3) is 0.214. The van der Waals surface area contributed by atoms with Crippen LogP contribution in [0.15, 0.2) is 78.5 Å². The lowest BCUT2D eigenvalue weighted by Crippen LogP contribution is -2.32. The van der Waals surface area contributed by atoms with Gasteiger partial charge in [-0.05, 0) is 72.9 Å². The summed E-state index contributed by atoms with van der Waals surface area (Å²) >= 11 is 0. The Bertz CT molecular complexity index is 1210. The first-order valence-electron chi connectivity index (χ1n) is 11.2. The Morgan fingerprint density at radius 3 is 2.21 bits per heavy atom. The van der Waals surface area contributed by atoms with Crippen molar-refractivity contribution in [1.29, 1.82) is 0 Å². The number of rotatable bonds is 7. The Kier molecular flexibility index (Phi) is 6.31. The molecular weight excluding hydrogens is 412 g/mol. The number of benzene rings is 3. The molecule has 2 amide bonds. The number of nitrogens with one attached hydrogen (secondary N) is 1. The SMILES string of the molecule is CCOc1ccc(C2=C(Nc3cccc(C)c3)C(=O)N(c3ccc(C(C)C)cc3)C2=O)cc1. The second-order valence-corrected chi connectivity index (χ2v) is 8.39. The second kappa shape index (κ2) is 9.33. The zero-order valence-corrected chi connectivity index (χ0v) is 19.4. The molecule has 0 fully saturated rings. The third-order valence-electron chi connectivity index (χ3n) is 5.64. The molecule has 1 aliphatic rings. The lowest BCUT2D eigenvalue weighted by molar-refractivity contribution is -0.120. The number of nitrogens with zero attached hydrogens (tertiary/aromatic N) is 1. The van der Waals surface area contributed by atoms with Crippen LogP contribution in [0.3, 0.4) is 0 Å². The molecule has 0 saturated heterocycles. The minimum absolute atomic E-state index is 0.266. The van der Waals surface area contributed by atoms with Gasteiger partial charge in [0, 0.05) is 5.69 Å². The first kappa shape index (κ1) is 22.3. The molecule has 0 bridgehead atoms. The van der Waals surface area contributed by atoms with Gasteiger partial charge < -0.3 is 10.1 Å². The summed E-state index contributed by atoms with van der Waals surface area (Å²) in [6.07, 6.45) is 0. The maximum absolute atomic E-state index is 13.6. The van der Waals surface area contributed by atoms with Crippen molar-refractivity contribution in [2.75, 3.05) is 16.8 Å². The van der Waals surface area contributed by atoms with E-state index in [2.05, 4.69) is 19.2 Å². The van der Waals surface area contributed by atoms with E-state index in [0.717, 1.165) is 16.8 Å². The van der Waals surface area contributed by atoms with Crippen molar-refractivity contribution in [3.63, 3.8) is 0 Å². The van der Waals surface area contributed by atoms with Crippen molar-refractivity contribution in [2.24, 2.45) is 0 Å². The third-order valence-corrected chi connectivity index (χ3v) is 5.64. The van der Waals surface area contributed by atoms with E-state index < -0.39 is 0 Å². The normalized spacial score (nSPS) is 13.8. The Labute approximate surface area is 194 Å². The average molecular weight is 441 g/mol. The molecule has 0 spiro atoms. The minimum Gasteiger partial charge on any atom is -0.494 e. The third kappa shape index (κ3) is 4.53. The van der Waals surface area contributed by atoms with E-state index in [9.17, 15) is 9.59 Å². The molecule has 0 saturated carbocycles. The van der Waals surface area contributed by atoms with Crippen molar-refractivity contribution in [1.82, 2.24) is 0 Å². The molecule has 5 heteroatoms. The van der Waals surface area contributed by atoms with Crippen LogP contribution in [-0.4, -0.2) is 18.4 Å². The maximum Gasteiger partial charge on any atom is 0.282 e. The zero-order valence-electron chi connectivity index (χ0n) is 19.4. The van der Waals surface area contributed by atoms with Crippen LogP contribution >= 0.6 is 0 Å². The number of aryl methyl sites for hydroxylation is 1. The Morgan fingerprint density at radius 2 is 1.61 bits per heavy atom. The van der Waals surface area contributed by atoms with Crippen LogP contribution in [0.25, 0.3) is 5.57 Å². The van der Waals surface area contributed by atoms with Crippen LogP contribution in [-0.2, 0) is 9.59 Å². The summed E-state index contributed by atoms with van der Waals surface area (Å²) in [7, 11) is 0. The van der Waals surface area contributed by atoms with Crippen molar-refractivity contribution in [3.8, 4) is 5.75 Å². The molecule has 1 N–H and O–H groups in total. The van der Waals surface area contributed by atoms with E-state index in [1.807, 2.05) is 86.6 Å². The van der Waals surface area contributed by atoms with E-state index in [1.54, 1.807) is 0 Å². The van der Waals surface area contributed by atoms with Gasteiger partial charge in [-0.2, -0.15) is 0 Å². The predicted octanol–water partition coefficient (Wildman–Crippen LogP) is 5.91. The molecule has 4 rings (SSSR count). The monoisotopic (exact) mass is 440 g/mol. The van der Waals surface area contributed by atoms with Crippen LogP contribution in [0.1, 0.15) is 43.4 Å². The fourth-order valence-corrected chi connectivity index (χ4v) is 3.91. The molecule has 0 aromatic heterocycles. The molecular formula is C28H28N2O3. The molecule has 0 atom stereocenters. The zero-order chi connectivity index (χ0) is 23.5. The molecule has 1 heterocycles. The smallest absolute Gasteiger partial charge is 0.282 e. The summed E-state index contributed by atoms with van der Waals surface area (Å²) in [4.78, 5) is 28.4. The number of hydrogen-bond acceptors (Lipinski definition) is 4. The van der Waals surface area contributed by atoms with Gasteiger partial charge in [0.1, 0.15) is 11.4 Å². The molecule has 0 radical (unpaired) electrons. The van der Waals surface area contributed by atoms with Crippen molar-refractivity contribution < 1.29 is 14.3 Å². The van der Waals surface area contributed by atoms with Gasteiger partial charge in [0.05, 0.1) is 17.9 Å². The molecule has 1 aliphatic heterocycles. The molecule has 0 unspecified atom stereocenters. The highest BCUT2D eigenvalue weighted by molar-refractivity contribution is 6.46. The molecule has 3 aromatic rings. The van der Waals surface area contributed by atoms with Gasteiger partial charge in [-0.1, -0.05) is 50.2 Å². The maximum atomic E-state index is 13.6. The van der Waals surface area contributed by atoms with Gasteiger partial charge >= 0.3 is 0 Å². The molecule has 3 aromatic carbocycles. The summed E-state index contributed by atoms with van der Waals surface area (Å²) in [6, 6.07) is 22.6. The first-order chi connectivity index (χ1) is 15.9. The molecule has 5 nitrogen and oxygen atoms in total.